The van der Waals surface area contributed by atoms with E-state index < -0.39 is 110 Å². The topological polar surface area (TPSA) is 27.7 Å². The molecule has 0 saturated carbocycles. The molecule has 3 nitrogen and oxygen atoms in total. The van der Waals surface area contributed by atoms with E-state index in [1.807, 2.05) is 6.92 Å². The maximum absolute atomic E-state index is 15.1. The summed E-state index contributed by atoms with van der Waals surface area (Å²) < 4.78 is 203. The fourth-order valence-electron chi connectivity index (χ4n) is 5.19. The van der Waals surface area contributed by atoms with Gasteiger partial charge in [0.1, 0.15) is 68.8 Å². The molecule has 54 heavy (non-hydrogen) atoms. The highest BCUT2D eigenvalue weighted by Crippen LogP contribution is 2.41. The first-order valence-corrected chi connectivity index (χ1v) is 15.3. The number of methoxy groups -OCH3 is 1. The van der Waals surface area contributed by atoms with E-state index in [0.717, 1.165) is 13.2 Å². The number of halogens is 13. The summed E-state index contributed by atoms with van der Waals surface area (Å²) in [5, 5.41) is 0. The maximum atomic E-state index is 15.1. The smallest absolute Gasteiger partial charge is 0.432 e. The highest BCUT2D eigenvalue weighted by Gasteiger charge is 2.44. The van der Waals surface area contributed by atoms with Gasteiger partial charge in [-0.15, -0.1) is 0 Å². The third kappa shape index (κ3) is 8.19. The zero-order valence-electron chi connectivity index (χ0n) is 27.4. The Morgan fingerprint density at radius 1 is 0.556 bits per heavy atom. The van der Waals surface area contributed by atoms with Crippen LogP contribution in [0.5, 0.6) is 17.2 Å². The minimum atomic E-state index is -5.01. The average molecular weight is 773 g/mol. The van der Waals surface area contributed by atoms with E-state index in [0.29, 0.717) is 48.7 Å². The molecule has 5 aromatic carbocycles. The van der Waals surface area contributed by atoms with Gasteiger partial charge in [-0.1, -0.05) is 37.3 Å². The number of ether oxygens (including phenoxy) is 3. The summed E-state index contributed by atoms with van der Waals surface area (Å²) in [7, 11) is 0.922. The molecule has 0 spiro atoms. The molecule has 0 aliphatic carbocycles. The predicted octanol–water partition coefficient (Wildman–Crippen LogP) is 11.2. The molecule has 0 amide bonds. The van der Waals surface area contributed by atoms with Crippen LogP contribution >= 0.6 is 0 Å². The summed E-state index contributed by atoms with van der Waals surface area (Å²) in [5.41, 5.74) is -5.58. The van der Waals surface area contributed by atoms with Crippen LogP contribution in [0.25, 0.3) is 11.1 Å². The van der Waals surface area contributed by atoms with Crippen molar-refractivity contribution in [1.82, 2.24) is 0 Å². The van der Waals surface area contributed by atoms with Gasteiger partial charge in [-0.05, 0) is 47.9 Å². The van der Waals surface area contributed by atoms with Crippen molar-refractivity contribution in [1.29, 1.82) is 0 Å². The van der Waals surface area contributed by atoms with Crippen LogP contribution in [0.2, 0.25) is 0 Å². The second-order valence-electron chi connectivity index (χ2n) is 11.4. The lowest BCUT2D eigenvalue weighted by molar-refractivity contribution is -0.191. The van der Waals surface area contributed by atoms with Crippen LogP contribution in [-0.2, 0) is 18.6 Å². The molecule has 0 saturated heterocycles. The lowest BCUT2D eigenvalue weighted by atomic mass is 9.99. The molecule has 0 unspecified atom stereocenters. The Bertz CT molecular complexity index is 2240. The van der Waals surface area contributed by atoms with Gasteiger partial charge >= 0.3 is 12.2 Å². The predicted molar refractivity (Wildman–Crippen MR) is 166 cm³/mol. The lowest BCUT2D eigenvalue weighted by Crippen LogP contribution is -2.27. The quantitative estimate of drug-likeness (QED) is 0.0804. The van der Waals surface area contributed by atoms with E-state index in [1.165, 1.54) is 12.1 Å². The van der Waals surface area contributed by atoms with Crippen LogP contribution in [0.3, 0.4) is 0 Å². The molecular weight excluding hydrogens is 751 g/mol. The zero-order valence-corrected chi connectivity index (χ0v) is 27.4. The summed E-state index contributed by atoms with van der Waals surface area (Å²) in [5.74, 6) is -14.7. The second-order valence-corrected chi connectivity index (χ2v) is 11.4. The van der Waals surface area contributed by atoms with Gasteiger partial charge in [0.25, 0.3) is 0 Å². The number of hydrogen-bond acceptors (Lipinski definition) is 3. The van der Waals surface area contributed by atoms with Crippen molar-refractivity contribution in [3.8, 4) is 40.2 Å². The third-order valence-corrected chi connectivity index (χ3v) is 7.58. The lowest BCUT2D eigenvalue weighted by Gasteiger charge is -2.22. The van der Waals surface area contributed by atoms with E-state index >= 15 is 17.6 Å². The standard InChI is InChI=1S/C38H21F13O3/c1-3-4-18-5-7-23(25(39)9-18)20-12-27(41)34(28(42)13-20)37(48,49)53-21-15-29(43)35(30(44)16-21)38(50,51)54-22-14-26(40)24(33(17-22)52-2)8-6-19-10-31(45)36(47)32(46)11-19/h5,7,9-17H,3-4H2,1-2H3. The molecular formula is C38H21F13O3. The Morgan fingerprint density at radius 2 is 1.06 bits per heavy atom. The summed E-state index contributed by atoms with van der Waals surface area (Å²) in [6.45, 7) is 1.83. The zero-order chi connectivity index (χ0) is 39.7. The molecule has 0 aromatic heterocycles. The summed E-state index contributed by atoms with van der Waals surface area (Å²) in [6.07, 6.45) is -8.84. The summed E-state index contributed by atoms with van der Waals surface area (Å²) in [6, 6.07) is 6.02. The molecule has 282 valence electrons. The maximum Gasteiger partial charge on any atom is 0.432 e. The van der Waals surface area contributed by atoms with Crippen LogP contribution < -0.4 is 14.2 Å². The van der Waals surface area contributed by atoms with E-state index in [2.05, 4.69) is 21.3 Å². The van der Waals surface area contributed by atoms with Gasteiger partial charge in [0.05, 0.1) is 7.11 Å². The van der Waals surface area contributed by atoms with Crippen molar-refractivity contribution in [2.45, 2.75) is 32.0 Å². The van der Waals surface area contributed by atoms with Gasteiger partial charge in [0.15, 0.2) is 17.5 Å². The number of benzene rings is 5. The minimum Gasteiger partial charge on any atom is -0.495 e. The summed E-state index contributed by atoms with van der Waals surface area (Å²) >= 11 is 0. The van der Waals surface area contributed by atoms with E-state index in [4.69, 9.17) is 4.74 Å². The Morgan fingerprint density at radius 3 is 1.56 bits per heavy atom. The Balaban J connectivity index is 1.39. The van der Waals surface area contributed by atoms with Gasteiger partial charge in [-0.2, -0.15) is 17.6 Å². The third-order valence-electron chi connectivity index (χ3n) is 7.58. The van der Waals surface area contributed by atoms with Gasteiger partial charge in [-0.25, -0.2) is 39.5 Å². The monoisotopic (exact) mass is 772 g/mol. The van der Waals surface area contributed by atoms with E-state index in [1.54, 1.807) is 0 Å². The molecule has 16 heteroatoms. The van der Waals surface area contributed by atoms with Crippen LogP contribution in [-0.4, -0.2) is 7.11 Å². The van der Waals surface area contributed by atoms with Crippen molar-refractivity contribution in [2.75, 3.05) is 7.11 Å². The molecule has 5 rings (SSSR count). The van der Waals surface area contributed by atoms with Gasteiger partial charge in [0.2, 0.25) is 0 Å². The average Bonchev–Trinajstić information content (AvgIpc) is 3.05. The number of rotatable bonds is 10. The molecule has 0 bridgehead atoms. The van der Waals surface area contributed by atoms with Crippen molar-refractivity contribution in [3.05, 3.63) is 147 Å². The highest BCUT2D eigenvalue weighted by molar-refractivity contribution is 5.65. The van der Waals surface area contributed by atoms with Crippen LogP contribution in [0, 0.1) is 64.2 Å². The molecule has 0 heterocycles. The normalized spacial score (nSPS) is 11.6. The van der Waals surface area contributed by atoms with Crippen LogP contribution in [0.4, 0.5) is 57.1 Å². The molecule has 0 aliphatic heterocycles. The van der Waals surface area contributed by atoms with E-state index in [-0.39, 0.29) is 23.8 Å². The first-order chi connectivity index (χ1) is 25.3. The van der Waals surface area contributed by atoms with Gasteiger partial charge < -0.3 is 14.2 Å². The molecule has 0 fully saturated rings. The van der Waals surface area contributed by atoms with Gasteiger partial charge in [-0.3, -0.25) is 0 Å². The Hall–Kier alpha value is -5.85. The SMILES string of the molecule is CCCc1ccc(-c2cc(F)c(C(F)(F)Oc3cc(F)c(C(F)(F)Oc4cc(F)c(C#Cc5cc(F)c(F)c(F)c5)c(OC)c4)c(F)c3)c(F)c2)c(F)c1. The first-order valence-electron chi connectivity index (χ1n) is 15.3. The number of alkyl halides is 4. The fraction of sp³-hybridized carbons (Fsp3) is 0.158. The van der Waals surface area contributed by atoms with Crippen molar-refractivity contribution in [2.24, 2.45) is 0 Å². The summed E-state index contributed by atoms with van der Waals surface area (Å²) in [4.78, 5) is 0. The van der Waals surface area contributed by atoms with Crippen LogP contribution in [0.1, 0.15) is 41.2 Å². The van der Waals surface area contributed by atoms with Crippen molar-refractivity contribution in [3.63, 3.8) is 0 Å². The largest absolute Gasteiger partial charge is 0.495 e. The fourth-order valence-corrected chi connectivity index (χ4v) is 5.19. The molecule has 0 radical (unpaired) electrons. The number of hydrogen-bond donors (Lipinski definition) is 0. The van der Waals surface area contributed by atoms with E-state index in [9.17, 15) is 39.5 Å². The molecule has 5 aromatic rings. The molecule has 0 N–H and O–H groups in total. The van der Waals surface area contributed by atoms with Gasteiger partial charge in [0, 0.05) is 35.4 Å². The van der Waals surface area contributed by atoms with Crippen LogP contribution in [0.15, 0.2) is 66.7 Å². The highest BCUT2D eigenvalue weighted by atomic mass is 19.3. The Kier molecular flexibility index (Phi) is 11.1. The Labute approximate surface area is 297 Å². The number of aryl methyl sites for hydroxylation is 1. The second kappa shape index (κ2) is 15.2. The minimum absolute atomic E-state index is 0.165. The first kappa shape index (κ1) is 39.4. The van der Waals surface area contributed by atoms with Crippen molar-refractivity contribution < 1.29 is 71.3 Å². The molecule has 0 aliphatic rings. The molecule has 0 atom stereocenters. The van der Waals surface area contributed by atoms with Crippen molar-refractivity contribution >= 4 is 0 Å².